The molecule has 2 aliphatic rings. The van der Waals surface area contributed by atoms with Crippen molar-refractivity contribution in [2.24, 2.45) is 11.8 Å². The zero-order valence-corrected chi connectivity index (χ0v) is 16.7. The number of nitrogens with zero attached hydrogens (tertiary/aromatic N) is 1. The van der Waals surface area contributed by atoms with Crippen molar-refractivity contribution in [3.8, 4) is 0 Å². The van der Waals surface area contributed by atoms with Crippen LogP contribution < -0.4 is 5.32 Å². The lowest BCUT2D eigenvalue weighted by molar-refractivity contribution is -0.138. The number of halogens is 1. The highest BCUT2D eigenvalue weighted by atomic mass is 35.5. The first-order valence-corrected chi connectivity index (χ1v) is 10.4. The quantitative estimate of drug-likeness (QED) is 0.758. The second kappa shape index (κ2) is 9.41. The van der Waals surface area contributed by atoms with Gasteiger partial charge in [0.2, 0.25) is 5.91 Å². The van der Waals surface area contributed by atoms with Gasteiger partial charge in [0.1, 0.15) is 6.04 Å². The first kappa shape index (κ1) is 20.6. The van der Waals surface area contributed by atoms with Gasteiger partial charge in [-0.1, -0.05) is 36.9 Å². The van der Waals surface area contributed by atoms with Crippen molar-refractivity contribution in [1.82, 2.24) is 10.2 Å². The topological polar surface area (TPSA) is 86.7 Å². The lowest BCUT2D eigenvalue weighted by atomic mass is 9.75. The molecule has 2 fully saturated rings. The van der Waals surface area contributed by atoms with Gasteiger partial charge >= 0.3 is 5.97 Å². The van der Waals surface area contributed by atoms with E-state index in [1.165, 1.54) is 25.3 Å². The van der Waals surface area contributed by atoms with Gasteiger partial charge in [0.05, 0.1) is 0 Å². The minimum absolute atomic E-state index is 0.0745. The van der Waals surface area contributed by atoms with Crippen LogP contribution in [0.2, 0.25) is 5.02 Å². The number of carboxylic acid groups (broad SMARTS) is 1. The van der Waals surface area contributed by atoms with E-state index in [4.69, 9.17) is 16.7 Å². The highest BCUT2D eigenvalue weighted by Gasteiger charge is 2.35. The highest BCUT2D eigenvalue weighted by Crippen LogP contribution is 2.36. The van der Waals surface area contributed by atoms with Gasteiger partial charge in [0.25, 0.3) is 5.91 Å². The summed E-state index contributed by atoms with van der Waals surface area (Å²) in [5.74, 6) is -0.369. The van der Waals surface area contributed by atoms with Crippen LogP contribution in [0.25, 0.3) is 0 Å². The summed E-state index contributed by atoms with van der Waals surface area (Å²) in [7, 11) is 0. The molecule has 1 aromatic rings. The average Bonchev–Trinajstić information content (AvgIpc) is 2.70. The van der Waals surface area contributed by atoms with E-state index in [9.17, 15) is 14.4 Å². The molecule has 0 bridgehead atoms. The molecular weight excluding hydrogens is 380 g/mol. The van der Waals surface area contributed by atoms with Crippen molar-refractivity contribution in [1.29, 1.82) is 0 Å². The van der Waals surface area contributed by atoms with Crippen molar-refractivity contribution < 1.29 is 19.5 Å². The molecule has 3 atom stereocenters. The molecule has 0 radical (unpaired) electrons. The molecule has 1 aromatic carbocycles. The number of aliphatic carboxylic acids is 1. The van der Waals surface area contributed by atoms with Gasteiger partial charge < -0.3 is 15.3 Å². The Balaban J connectivity index is 1.68. The zero-order chi connectivity index (χ0) is 20.1. The minimum Gasteiger partial charge on any atom is -0.481 e. The normalized spacial score (nSPS) is 22.8. The standard InChI is InChI=1S/C21H27ClN2O4/c22-17-7-3-6-15(12-17)20(27)23-18(8-9-19(25)26)21(28)24-11-10-14-4-1-2-5-16(14)13-24/h3,6-7,12,14,16,18H,1-2,4-5,8-11,13H2,(H,23,27)(H,25,26)/t14?,16?,18-/m1/s1. The van der Waals surface area contributed by atoms with Crippen LogP contribution in [0.3, 0.4) is 0 Å². The Kier molecular flexibility index (Phi) is 6.94. The molecule has 0 aromatic heterocycles. The Bertz CT molecular complexity index is 739. The second-order valence-corrected chi connectivity index (χ2v) is 8.28. The number of carbonyl (C=O) groups excluding carboxylic acids is 2. The Morgan fingerprint density at radius 2 is 1.93 bits per heavy atom. The third-order valence-electron chi connectivity index (χ3n) is 5.94. The number of amides is 2. The summed E-state index contributed by atoms with van der Waals surface area (Å²) < 4.78 is 0. The molecule has 152 valence electrons. The fourth-order valence-electron chi connectivity index (χ4n) is 4.42. The van der Waals surface area contributed by atoms with E-state index in [2.05, 4.69) is 5.32 Å². The van der Waals surface area contributed by atoms with Crippen LogP contribution in [0.1, 0.15) is 55.3 Å². The number of hydrogen-bond donors (Lipinski definition) is 2. The number of benzene rings is 1. The predicted molar refractivity (Wildman–Crippen MR) is 106 cm³/mol. The van der Waals surface area contributed by atoms with E-state index in [1.54, 1.807) is 18.2 Å². The number of likely N-dealkylation sites (tertiary alicyclic amines) is 1. The van der Waals surface area contributed by atoms with E-state index in [-0.39, 0.29) is 18.7 Å². The van der Waals surface area contributed by atoms with Crippen molar-refractivity contribution in [2.75, 3.05) is 13.1 Å². The number of nitrogens with one attached hydrogen (secondary N) is 1. The first-order valence-electron chi connectivity index (χ1n) is 10.0. The number of hydrogen-bond acceptors (Lipinski definition) is 3. The lowest BCUT2D eigenvalue weighted by Gasteiger charge is -2.42. The number of rotatable bonds is 6. The summed E-state index contributed by atoms with van der Waals surface area (Å²) >= 11 is 5.94. The Morgan fingerprint density at radius 1 is 1.18 bits per heavy atom. The lowest BCUT2D eigenvalue weighted by Crippen LogP contribution is -2.53. The average molecular weight is 407 g/mol. The van der Waals surface area contributed by atoms with E-state index >= 15 is 0 Å². The maximum absolute atomic E-state index is 13.1. The van der Waals surface area contributed by atoms with Gasteiger partial charge in [-0.3, -0.25) is 14.4 Å². The smallest absolute Gasteiger partial charge is 0.303 e. The van der Waals surface area contributed by atoms with Gasteiger partial charge in [-0.2, -0.15) is 0 Å². The maximum atomic E-state index is 13.1. The number of carbonyl (C=O) groups is 3. The van der Waals surface area contributed by atoms with Crippen LogP contribution in [0.5, 0.6) is 0 Å². The first-order chi connectivity index (χ1) is 13.4. The third kappa shape index (κ3) is 5.25. The van der Waals surface area contributed by atoms with Gasteiger partial charge in [-0.25, -0.2) is 0 Å². The summed E-state index contributed by atoms with van der Waals surface area (Å²) in [5, 5.41) is 12.2. The molecule has 2 N–H and O–H groups in total. The van der Waals surface area contributed by atoms with Crippen molar-refractivity contribution >= 4 is 29.4 Å². The molecule has 7 heteroatoms. The summed E-state index contributed by atoms with van der Waals surface area (Å²) in [4.78, 5) is 38.5. The Hall–Kier alpha value is -2.08. The van der Waals surface area contributed by atoms with Crippen molar-refractivity contribution in [3.05, 3.63) is 34.9 Å². The van der Waals surface area contributed by atoms with Crippen LogP contribution >= 0.6 is 11.6 Å². The van der Waals surface area contributed by atoms with Crippen LogP contribution in [0, 0.1) is 11.8 Å². The summed E-state index contributed by atoms with van der Waals surface area (Å²) in [5.41, 5.74) is 0.353. The SMILES string of the molecule is O=C(O)CC[C@@H](NC(=O)c1cccc(Cl)c1)C(=O)N1CCC2CCCCC2C1. The number of piperidine rings is 1. The molecular formula is C21H27ClN2O4. The molecule has 0 spiro atoms. The van der Waals surface area contributed by atoms with Gasteiger partial charge in [-0.05, 0) is 49.3 Å². The molecule has 1 saturated carbocycles. The fraction of sp³-hybridized carbons (Fsp3) is 0.571. The molecule has 28 heavy (non-hydrogen) atoms. The molecule has 1 aliphatic heterocycles. The van der Waals surface area contributed by atoms with E-state index < -0.39 is 17.9 Å². The van der Waals surface area contributed by atoms with Crippen molar-refractivity contribution in [3.63, 3.8) is 0 Å². The van der Waals surface area contributed by atoms with Gasteiger partial charge in [0, 0.05) is 30.1 Å². The molecule has 2 unspecified atom stereocenters. The molecule has 3 rings (SSSR count). The third-order valence-corrected chi connectivity index (χ3v) is 6.18. The van der Waals surface area contributed by atoms with Gasteiger partial charge in [0.15, 0.2) is 0 Å². The van der Waals surface area contributed by atoms with Crippen LogP contribution in [-0.4, -0.2) is 46.9 Å². The summed E-state index contributed by atoms with van der Waals surface area (Å²) in [6.07, 6.45) is 5.74. The fourth-order valence-corrected chi connectivity index (χ4v) is 4.61. The number of carboxylic acids is 1. The largest absolute Gasteiger partial charge is 0.481 e. The van der Waals surface area contributed by atoms with Crippen LogP contribution in [0.4, 0.5) is 0 Å². The highest BCUT2D eigenvalue weighted by molar-refractivity contribution is 6.31. The number of fused-ring (bicyclic) bond motifs is 1. The Labute approximate surface area is 170 Å². The maximum Gasteiger partial charge on any atom is 0.303 e. The van der Waals surface area contributed by atoms with E-state index in [0.29, 0.717) is 35.5 Å². The van der Waals surface area contributed by atoms with Crippen molar-refractivity contribution in [2.45, 2.75) is 51.0 Å². The molecule has 6 nitrogen and oxygen atoms in total. The second-order valence-electron chi connectivity index (χ2n) is 7.85. The minimum atomic E-state index is -0.985. The van der Waals surface area contributed by atoms with Crippen LogP contribution in [-0.2, 0) is 9.59 Å². The Morgan fingerprint density at radius 3 is 2.64 bits per heavy atom. The van der Waals surface area contributed by atoms with E-state index in [1.807, 2.05) is 4.90 Å². The molecule has 1 aliphatic carbocycles. The summed E-state index contributed by atoms with van der Waals surface area (Å²) in [6, 6.07) is 5.64. The zero-order valence-electron chi connectivity index (χ0n) is 15.9. The predicted octanol–water partition coefficient (Wildman–Crippen LogP) is 3.34. The monoisotopic (exact) mass is 406 g/mol. The van der Waals surface area contributed by atoms with E-state index in [0.717, 1.165) is 12.8 Å². The van der Waals surface area contributed by atoms with Gasteiger partial charge in [-0.15, -0.1) is 0 Å². The molecule has 1 heterocycles. The summed E-state index contributed by atoms with van der Waals surface area (Å²) in [6.45, 7) is 1.39. The van der Waals surface area contributed by atoms with Crippen LogP contribution in [0.15, 0.2) is 24.3 Å². The molecule has 1 saturated heterocycles. The molecule has 2 amide bonds.